The van der Waals surface area contributed by atoms with Gasteiger partial charge in [0.1, 0.15) is 12.2 Å². The number of amides is 3. The Morgan fingerprint density at radius 3 is 2.63 bits per heavy atom. The van der Waals surface area contributed by atoms with Gasteiger partial charge in [-0.15, -0.1) is 0 Å². The maximum Gasteiger partial charge on any atom is 0.322 e. The standard InChI is InChI=1S/C12H21N5O2/c1-17(2)6-3-4-7-8(5-6)14-10-9(13-7)11(18)16-12(19)15-10/h6-10,13-14H,3-5H2,1-2H3,(H2,15,16,18,19). The number of carbonyl (C=O) groups is 2. The molecule has 1 aliphatic carbocycles. The molecule has 5 atom stereocenters. The summed E-state index contributed by atoms with van der Waals surface area (Å²) in [6, 6.07) is 0.376. The predicted octanol–water partition coefficient (Wildman–Crippen LogP) is -1.44. The van der Waals surface area contributed by atoms with Crippen molar-refractivity contribution in [1.29, 1.82) is 0 Å². The number of imide groups is 1. The van der Waals surface area contributed by atoms with Gasteiger partial charge in [-0.1, -0.05) is 0 Å². The summed E-state index contributed by atoms with van der Waals surface area (Å²) < 4.78 is 0. The van der Waals surface area contributed by atoms with Gasteiger partial charge in [0.25, 0.3) is 0 Å². The van der Waals surface area contributed by atoms with Gasteiger partial charge < -0.3 is 10.2 Å². The highest BCUT2D eigenvalue weighted by Gasteiger charge is 2.45. The summed E-state index contributed by atoms with van der Waals surface area (Å²) in [5, 5.41) is 11.9. The Kier molecular flexibility index (Phi) is 3.20. The van der Waals surface area contributed by atoms with Crippen LogP contribution in [0.4, 0.5) is 4.79 Å². The first kappa shape index (κ1) is 12.8. The molecule has 0 aromatic heterocycles. The van der Waals surface area contributed by atoms with E-state index in [0.717, 1.165) is 19.3 Å². The van der Waals surface area contributed by atoms with E-state index in [2.05, 4.69) is 40.3 Å². The lowest BCUT2D eigenvalue weighted by molar-refractivity contribution is -0.125. The van der Waals surface area contributed by atoms with Crippen LogP contribution in [0.3, 0.4) is 0 Å². The van der Waals surface area contributed by atoms with Gasteiger partial charge in [-0.25, -0.2) is 4.79 Å². The van der Waals surface area contributed by atoms with Crippen LogP contribution in [0.2, 0.25) is 0 Å². The highest BCUT2D eigenvalue weighted by molar-refractivity contribution is 6.00. The number of urea groups is 1. The van der Waals surface area contributed by atoms with Gasteiger partial charge in [0, 0.05) is 18.1 Å². The molecule has 3 amide bonds. The van der Waals surface area contributed by atoms with Crippen LogP contribution in [0.15, 0.2) is 0 Å². The van der Waals surface area contributed by atoms with Crippen molar-refractivity contribution in [2.45, 2.75) is 49.6 Å². The van der Waals surface area contributed by atoms with E-state index in [4.69, 9.17) is 0 Å². The van der Waals surface area contributed by atoms with Crippen molar-refractivity contribution < 1.29 is 9.59 Å². The number of hydrogen-bond acceptors (Lipinski definition) is 5. The first-order valence-electron chi connectivity index (χ1n) is 6.84. The van der Waals surface area contributed by atoms with Gasteiger partial charge in [-0.05, 0) is 33.4 Å². The average molecular weight is 267 g/mol. The number of carbonyl (C=O) groups excluding carboxylic acids is 2. The number of piperazine rings is 1. The van der Waals surface area contributed by atoms with E-state index < -0.39 is 6.03 Å². The number of nitrogens with zero attached hydrogens (tertiary/aromatic N) is 1. The molecule has 0 bridgehead atoms. The van der Waals surface area contributed by atoms with Crippen molar-refractivity contribution in [3.05, 3.63) is 0 Å². The van der Waals surface area contributed by atoms with Crippen molar-refractivity contribution in [2.24, 2.45) is 0 Å². The first-order chi connectivity index (χ1) is 9.04. The average Bonchev–Trinajstić information content (AvgIpc) is 2.35. The van der Waals surface area contributed by atoms with E-state index >= 15 is 0 Å². The van der Waals surface area contributed by atoms with Crippen molar-refractivity contribution in [1.82, 2.24) is 26.2 Å². The van der Waals surface area contributed by atoms with Crippen LogP contribution in [0, 0.1) is 0 Å². The van der Waals surface area contributed by atoms with Crippen LogP contribution in [-0.2, 0) is 4.79 Å². The molecular weight excluding hydrogens is 246 g/mol. The van der Waals surface area contributed by atoms with Crippen LogP contribution >= 0.6 is 0 Å². The fourth-order valence-corrected chi connectivity index (χ4v) is 3.37. The fourth-order valence-electron chi connectivity index (χ4n) is 3.37. The molecule has 0 spiro atoms. The molecule has 3 fully saturated rings. The summed E-state index contributed by atoms with van der Waals surface area (Å²) in [7, 11) is 4.19. The van der Waals surface area contributed by atoms with E-state index in [1.165, 1.54) is 0 Å². The summed E-state index contributed by atoms with van der Waals surface area (Å²) in [5.41, 5.74) is 0. The summed E-state index contributed by atoms with van der Waals surface area (Å²) in [6.07, 6.45) is 2.91. The highest BCUT2D eigenvalue weighted by Crippen LogP contribution is 2.26. The Balaban J connectivity index is 1.71. The monoisotopic (exact) mass is 267 g/mol. The second-order valence-corrected chi connectivity index (χ2v) is 5.89. The number of fused-ring (bicyclic) bond motifs is 2. The lowest BCUT2D eigenvalue weighted by Gasteiger charge is -2.49. The molecule has 2 heterocycles. The summed E-state index contributed by atoms with van der Waals surface area (Å²) >= 11 is 0. The summed E-state index contributed by atoms with van der Waals surface area (Å²) in [6.45, 7) is 0. The highest BCUT2D eigenvalue weighted by atomic mass is 16.2. The lowest BCUT2D eigenvalue weighted by atomic mass is 9.83. The normalized spacial score (nSPS) is 42.2. The largest absolute Gasteiger partial charge is 0.322 e. The smallest absolute Gasteiger partial charge is 0.320 e. The van der Waals surface area contributed by atoms with Crippen molar-refractivity contribution >= 4 is 11.9 Å². The van der Waals surface area contributed by atoms with E-state index in [1.807, 2.05) is 0 Å². The van der Waals surface area contributed by atoms with Crippen molar-refractivity contribution in [3.63, 3.8) is 0 Å². The second kappa shape index (κ2) is 4.73. The number of rotatable bonds is 1. The molecule has 0 radical (unpaired) electrons. The van der Waals surface area contributed by atoms with Gasteiger partial charge >= 0.3 is 6.03 Å². The summed E-state index contributed by atoms with van der Waals surface area (Å²) in [5.74, 6) is -0.241. The molecule has 106 valence electrons. The zero-order valence-corrected chi connectivity index (χ0v) is 11.3. The molecule has 5 unspecified atom stereocenters. The van der Waals surface area contributed by atoms with Gasteiger partial charge in [0.2, 0.25) is 5.91 Å². The van der Waals surface area contributed by atoms with Gasteiger partial charge in [-0.3, -0.25) is 20.7 Å². The zero-order chi connectivity index (χ0) is 13.6. The molecule has 1 saturated carbocycles. The molecule has 7 heteroatoms. The molecule has 0 aromatic carbocycles. The second-order valence-electron chi connectivity index (χ2n) is 5.89. The van der Waals surface area contributed by atoms with Crippen LogP contribution in [0.5, 0.6) is 0 Å². The van der Waals surface area contributed by atoms with Crippen molar-refractivity contribution in [3.8, 4) is 0 Å². The molecule has 2 aliphatic heterocycles. The van der Waals surface area contributed by atoms with Gasteiger partial charge in [-0.2, -0.15) is 0 Å². The molecule has 3 aliphatic rings. The van der Waals surface area contributed by atoms with Gasteiger partial charge in [0.15, 0.2) is 0 Å². The molecule has 0 aromatic rings. The maximum atomic E-state index is 11.8. The minimum atomic E-state index is -0.418. The van der Waals surface area contributed by atoms with E-state index in [9.17, 15) is 9.59 Å². The minimum Gasteiger partial charge on any atom is -0.320 e. The third-order valence-corrected chi connectivity index (χ3v) is 4.48. The van der Waals surface area contributed by atoms with Crippen molar-refractivity contribution in [2.75, 3.05) is 14.1 Å². The topological polar surface area (TPSA) is 85.5 Å². The van der Waals surface area contributed by atoms with Crippen LogP contribution in [0.1, 0.15) is 19.3 Å². The van der Waals surface area contributed by atoms with Crippen LogP contribution in [-0.4, -0.2) is 61.3 Å². The van der Waals surface area contributed by atoms with Crippen LogP contribution in [0.25, 0.3) is 0 Å². The Labute approximate surface area is 112 Å². The Bertz CT molecular complexity index is 400. The third kappa shape index (κ3) is 2.33. The molecular formula is C12H21N5O2. The molecule has 4 N–H and O–H groups in total. The Morgan fingerprint density at radius 2 is 1.89 bits per heavy atom. The predicted molar refractivity (Wildman–Crippen MR) is 69.4 cm³/mol. The Morgan fingerprint density at radius 1 is 1.11 bits per heavy atom. The SMILES string of the molecule is CN(C)C1CCC2NC3C(=O)NC(=O)NC3NC2C1. The molecule has 19 heavy (non-hydrogen) atoms. The third-order valence-electron chi connectivity index (χ3n) is 4.48. The number of nitrogens with one attached hydrogen (secondary N) is 4. The Hall–Kier alpha value is -1.18. The quantitative estimate of drug-likeness (QED) is 0.468. The lowest BCUT2D eigenvalue weighted by Crippen LogP contribution is -2.78. The van der Waals surface area contributed by atoms with Crippen LogP contribution < -0.4 is 21.3 Å². The maximum absolute atomic E-state index is 11.8. The molecule has 7 nitrogen and oxygen atoms in total. The van der Waals surface area contributed by atoms with E-state index in [-0.39, 0.29) is 18.1 Å². The molecule has 2 saturated heterocycles. The van der Waals surface area contributed by atoms with E-state index in [0.29, 0.717) is 18.1 Å². The zero-order valence-electron chi connectivity index (χ0n) is 11.3. The van der Waals surface area contributed by atoms with E-state index in [1.54, 1.807) is 0 Å². The van der Waals surface area contributed by atoms with Gasteiger partial charge in [0.05, 0.1) is 0 Å². The number of hydrogen-bond donors (Lipinski definition) is 4. The summed E-state index contributed by atoms with van der Waals surface area (Å²) in [4.78, 5) is 25.4. The molecule has 3 rings (SSSR count). The first-order valence-corrected chi connectivity index (χ1v) is 6.84. The minimum absolute atomic E-state index is 0.241. The fraction of sp³-hybridized carbons (Fsp3) is 0.833.